The summed E-state index contributed by atoms with van der Waals surface area (Å²) >= 11 is 0. The molecule has 0 radical (unpaired) electrons. The number of para-hydroxylation sites is 1. The Morgan fingerprint density at radius 1 is 1.20 bits per heavy atom. The first-order valence-electron chi connectivity index (χ1n) is 8.68. The summed E-state index contributed by atoms with van der Waals surface area (Å²) in [4.78, 5) is 18.1. The fourth-order valence-corrected chi connectivity index (χ4v) is 3.71. The van der Waals surface area contributed by atoms with Gasteiger partial charge in [-0.25, -0.2) is 4.98 Å². The summed E-state index contributed by atoms with van der Waals surface area (Å²) in [6.45, 7) is 2.28. The molecule has 1 atom stereocenters. The molecule has 1 fully saturated rings. The lowest BCUT2D eigenvalue weighted by Crippen LogP contribution is -2.38. The van der Waals surface area contributed by atoms with Crippen LogP contribution in [0.1, 0.15) is 18.5 Å². The molecule has 0 bridgehead atoms. The lowest BCUT2D eigenvalue weighted by atomic mass is 9.98. The Kier molecular flexibility index (Phi) is 4.24. The first-order chi connectivity index (χ1) is 12.2. The number of benzene rings is 1. The maximum absolute atomic E-state index is 11.3. The van der Waals surface area contributed by atoms with Crippen molar-refractivity contribution in [2.45, 2.75) is 19.4 Å². The SMILES string of the molecule is O=C(O)C1CCCN(Cc2cc3ccccc3n2-c2ccccn2)C1. The van der Waals surface area contributed by atoms with Crippen molar-refractivity contribution in [2.75, 3.05) is 13.1 Å². The van der Waals surface area contributed by atoms with E-state index in [-0.39, 0.29) is 5.92 Å². The highest BCUT2D eigenvalue weighted by Crippen LogP contribution is 2.26. The zero-order chi connectivity index (χ0) is 17.2. The van der Waals surface area contributed by atoms with Gasteiger partial charge >= 0.3 is 5.97 Å². The van der Waals surface area contributed by atoms with Crippen LogP contribution in [0.5, 0.6) is 0 Å². The van der Waals surface area contributed by atoms with Gasteiger partial charge in [0.15, 0.2) is 0 Å². The molecule has 0 aliphatic carbocycles. The van der Waals surface area contributed by atoms with Gasteiger partial charge in [0.25, 0.3) is 0 Å². The van der Waals surface area contributed by atoms with Crippen LogP contribution < -0.4 is 0 Å². The van der Waals surface area contributed by atoms with Crippen molar-refractivity contribution < 1.29 is 9.90 Å². The lowest BCUT2D eigenvalue weighted by molar-refractivity contribution is -0.143. The van der Waals surface area contributed by atoms with Crippen molar-refractivity contribution in [1.82, 2.24) is 14.5 Å². The molecule has 1 aliphatic rings. The normalized spacial score (nSPS) is 18.5. The minimum atomic E-state index is -0.685. The highest BCUT2D eigenvalue weighted by molar-refractivity contribution is 5.83. The minimum Gasteiger partial charge on any atom is -0.481 e. The third-order valence-corrected chi connectivity index (χ3v) is 4.91. The summed E-state index contributed by atoms with van der Waals surface area (Å²) in [6.07, 6.45) is 3.51. The van der Waals surface area contributed by atoms with Crippen LogP contribution in [0.3, 0.4) is 0 Å². The van der Waals surface area contributed by atoms with E-state index in [4.69, 9.17) is 0 Å². The van der Waals surface area contributed by atoms with Crippen LogP contribution in [0, 0.1) is 5.92 Å². The fraction of sp³-hybridized carbons (Fsp3) is 0.300. The second-order valence-corrected chi connectivity index (χ2v) is 6.63. The molecule has 1 aliphatic heterocycles. The molecular formula is C20H21N3O2. The number of hydrogen-bond acceptors (Lipinski definition) is 3. The van der Waals surface area contributed by atoms with E-state index in [9.17, 15) is 9.90 Å². The molecule has 5 heteroatoms. The Balaban J connectivity index is 1.71. The molecule has 3 aromatic rings. The van der Waals surface area contributed by atoms with Gasteiger partial charge in [-0.1, -0.05) is 24.3 Å². The molecule has 1 unspecified atom stereocenters. The summed E-state index contributed by atoms with van der Waals surface area (Å²) in [7, 11) is 0. The quantitative estimate of drug-likeness (QED) is 0.794. The van der Waals surface area contributed by atoms with Crippen molar-refractivity contribution in [3.05, 3.63) is 60.4 Å². The van der Waals surface area contributed by atoms with Crippen LogP contribution in [0.4, 0.5) is 0 Å². The largest absolute Gasteiger partial charge is 0.481 e. The summed E-state index contributed by atoms with van der Waals surface area (Å²) < 4.78 is 2.18. The number of aliphatic carboxylic acids is 1. The van der Waals surface area contributed by atoms with Gasteiger partial charge in [-0.05, 0) is 43.7 Å². The number of piperidine rings is 1. The zero-order valence-corrected chi connectivity index (χ0v) is 14.0. The van der Waals surface area contributed by atoms with Crippen LogP contribution in [0.15, 0.2) is 54.7 Å². The second-order valence-electron chi connectivity index (χ2n) is 6.63. The molecule has 2 aromatic heterocycles. The third-order valence-electron chi connectivity index (χ3n) is 4.91. The molecule has 0 spiro atoms. The van der Waals surface area contributed by atoms with E-state index in [1.54, 1.807) is 6.20 Å². The van der Waals surface area contributed by atoms with E-state index in [1.165, 1.54) is 5.39 Å². The van der Waals surface area contributed by atoms with E-state index in [1.807, 2.05) is 30.3 Å². The van der Waals surface area contributed by atoms with E-state index in [0.717, 1.165) is 43.0 Å². The number of likely N-dealkylation sites (tertiary alicyclic amines) is 1. The maximum Gasteiger partial charge on any atom is 0.307 e. The number of aromatic nitrogens is 2. The Hall–Kier alpha value is -2.66. The summed E-state index contributed by atoms with van der Waals surface area (Å²) in [5.74, 6) is -0.0538. The van der Waals surface area contributed by atoms with Gasteiger partial charge in [0, 0.05) is 30.4 Å². The number of rotatable bonds is 4. The van der Waals surface area contributed by atoms with Crippen LogP contribution in [0.2, 0.25) is 0 Å². The van der Waals surface area contributed by atoms with E-state index >= 15 is 0 Å². The van der Waals surface area contributed by atoms with Gasteiger partial charge in [-0.3, -0.25) is 14.3 Å². The van der Waals surface area contributed by atoms with Crippen LogP contribution >= 0.6 is 0 Å². The number of pyridine rings is 1. The topological polar surface area (TPSA) is 58.4 Å². The van der Waals surface area contributed by atoms with Gasteiger partial charge in [0.1, 0.15) is 5.82 Å². The van der Waals surface area contributed by atoms with Gasteiger partial charge < -0.3 is 5.11 Å². The average Bonchev–Trinajstić information content (AvgIpc) is 3.00. The van der Waals surface area contributed by atoms with Gasteiger partial charge in [0.2, 0.25) is 0 Å². The molecule has 25 heavy (non-hydrogen) atoms. The minimum absolute atomic E-state index is 0.263. The zero-order valence-electron chi connectivity index (χ0n) is 14.0. The Bertz CT molecular complexity index is 888. The lowest BCUT2D eigenvalue weighted by Gasteiger charge is -2.30. The van der Waals surface area contributed by atoms with Crippen molar-refractivity contribution in [3.8, 4) is 5.82 Å². The number of carboxylic acid groups (broad SMARTS) is 1. The Labute approximate surface area is 146 Å². The molecule has 3 heterocycles. The summed E-state index contributed by atoms with van der Waals surface area (Å²) in [5, 5.41) is 10.5. The van der Waals surface area contributed by atoms with Gasteiger partial charge in [-0.15, -0.1) is 0 Å². The van der Waals surface area contributed by atoms with Gasteiger partial charge in [0.05, 0.1) is 11.4 Å². The fourth-order valence-electron chi connectivity index (χ4n) is 3.71. The van der Waals surface area contributed by atoms with E-state index in [0.29, 0.717) is 6.54 Å². The standard InChI is InChI=1S/C20H21N3O2/c24-20(25)16-7-5-11-22(13-16)14-17-12-15-6-1-2-8-18(15)23(17)19-9-3-4-10-21-19/h1-4,6,8-10,12,16H,5,7,11,13-14H2,(H,24,25). The van der Waals surface area contributed by atoms with Crippen molar-refractivity contribution in [3.63, 3.8) is 0 Å². The molecular weight excluding hydrogens is 314 g/mol. The summed E-state index contributed by atoms with van der Waals surface area (Å²) in [5.41, 5.74) is 2.27. The number of carboxylic acids is 1. The Morgan fingerprint density at radius 2 is 2.04 bits per heavy atom. The van der Waals surface area contributed by atoms with Crippen LogP contribution in [-0.2, 0) is 11.3 Å². The molecule has 1 saturated heterocycles. The molecule has 1 aromatic carbocycles. The molecule has 4 rings (SSSR count). The summed E-state index contributed by atoms with van der Waals surface area (Å²) in [6, 6.07) is 16.4. The molecule has 128 valence electrons. The monoisotopic (exact) mass is 335 g/mol. The Morgan fingerprint density at radius 3 is 2.84 bits per heavy atom. The van der Waals surface area contributed by atoms with Crippen molar-refractivity contribution in [2.24, 2.45) is 5.92 Å². The number of carbonyl (C=O) groups is 1. The predicted molar refractivity (Wildman–Crippen MR) is 96.7 cm³/mol. The molecule has 1 N–H and O–H groups in total. The maximum atomic E-state index is 11.3. The smallest absolute Gasteiger partial charge is 0.307 e. The first-order valence-corrected chi connectivity index (χ1v) is 8.68. The van der Waals surface area contributed by atoms with Crippen LogP contribution in [-0.4, -0.2) is 38.6 Å². The number of nitrogens with zero attached hydrogens (tertiary/aromatic N) is 3. The van der Waals surface area contributed by atoms with E-state index < -0.39 is 5.97 Å². The predicted octanol–water partition coefficient (Wildman–Crippen LogP) is 3.32. The van der Waals surface area contributed by atoms with Crippen molar-refractivity contribution >= 4 is 16.9 Å². The molecule has 0 amide bonds. The first kappa shape index (κ1) is 15.8. The number of fused-ring (bicyclic) bond motifs is 1. The van der Waals surface area contributed by atoms with E-state index in [2.05, 4.69) is 32.7 Å². The molecule has 0 saturated carbocycles. The van der Waals surface area contributed by atoms with Crippen LogP contribution in [0.25, 0.3) is 16.7 Å². The van der Waals surface area contributed by atoms with Crippen molar-refractivity contribution in [1.29, 1.82) is 0 Å². The van der Waals surface area contributed by atoms with Gasteiger partial charge in [-0.2, -0.15) is 0 Å². The molecule has 5 nitrogen and oxygen atoms in total. The highest BCUT2D eigenvalue weighted by atomic mass is 16.4. The average molecular weight is 335 g/mol. The second kappa shape index (κ2) is 6.69. The third kappa shape index (κ3) is 3.15. The highest BCUT2D eigenvalue weighted by Gasteiger charge is 2.26. The number of hydrogen-bond donors (Lipinski definition) is 1.